The van der Waals surface area contributed by atoms with Crippen LogP contribution in [0, 0.1) is 0 Å². The van der Waals surface area contributed by atoms with E-state index in [-0.39, 0.29) is 0 Å². The summed E-state index contributed by atoms with van der Waals surface area (Å²) in [6.45, 7) is 0. The van der Waals surface area contributed by atoms with Gasteiger partial charge in [-0.15, -0.1) is 0 Å². The zero-order chi connectivity index (χ0) is 38.2. The quantitative estimate of drug-likeness (QED) is 0.176. The maximum Gasteiger partial charge on any atom is 0.164 e. The minimum Gasteiger partial charge on any atom is -0.456 e. The maximum absolute atomic E-state index is 6.30. The fourth-order valence-corrected chi connectivity index (χ4v) is 8.59. The van der Waals surface area contributed by atoms with Crippen LogP contribution < -0.4 is 0 Å². The molecule has 12 rings (SSSR count). The summed E-state index contributed by atoms with van der Waals surface area (Å²) in [6, 6.07) is 68.3. The molecule has 12 aromatic rings. The summed E-state index contributed by atoms with van der Waals surface area (Å²) < 4.78 is 8.72. The van der Waals surface area contributed by atoms with Crippen LogP contribution in [-0.4, -0.2) is 19.5 Å². The molecular weight excluding hydrogens is 709 g/mol. The van der Waals surface area contributed by atoms with Crippen molar-refractivity contribution >= 4 is 65.3 Å². The van der Waals surface area contributed by atoms with Crippen molar-refractivity contribution in [3.8, 4) is 51.0 Å². The molecule has 0 amide bonds. The van der Waals surface area contributed by atoms with Gasteiger partial charge in [0.25, 0.3) is 0 Å². The average molecular weight is 741 g/mol. The molecule has 0 aliphatic rings. The normalized spacial score (nSPS) is 11.8. The van der Waals surface area contributed by atoms with Crippen molar-refractivity contribution in [1.82, 2.24) is 19.5 Å². The van der Waals surface area contributed by atoms with Crippen LogP contribution >= 0.6 is 0 Å². The number of aromatic nitrogens is 4. The lowest BCUT2D eigenvalue weighted by Crippen LogP contribution is -2.02. The van der Waals surface area contributed by atoms with E-state index in [1.807, 2.05) is 72.8 Å². The van der Waals surface area contributed by atoms with Crippen LogP contribution in [0.1, 0.15) is 0 Å². The molecular formula is C53H32N4O. The Morgan fingerprint density at radius 2 is 0.845 bits per heavy atom. The highest BCUT2D eigenvalue weighted by Crippen LogP contribution is 2.41. The Morgan fingerprint density at radius 3 is 1.47 bits per heavy atom. The van der Waals surface area contributed by atoms with Gasteiger partial charge >= 0.3 is 0 Å². The summed E-state index contributed by atoms with van der Waals surface area (Å²) in [7, 11) is 0. The van der Waals surface area contributed by atoms with Crippen LogP contribution in [0.4, 0.5) is 0 Å². The molecule has 5 nitrogen and oxygen atoms in total. The molecule has 0 radical (unpaired) electrons. The van der Waals surface area contributed by atoms with Gasteiger partial charge in [-0.3, -0.25) is 0 Å². The van der Waals surface area contributed by atoms with E-state index in [4.69, 9.17) is 19.4 Å². The lowest BCUT2D eigenvalue weighted by Gasteiger charge is -2.16. The molecule has 0 fully saturated rings. The average Bonchev–Trinajstić information content (AvgIpc) is 3.82. The largest absolute Gasteiger partial charge is 0.456 e. The van der Waals surface area contributed by atoms with Crippen LogP contribution in [0.5, 0.6) is 0 Å². The van der Waals surface area contributed by atoms with Gasteiger partial charge in [0.2, 0.25) is 0 Å². The van der Waals surface area contributed by atoms with Gasteiger partial charge in [0.15, 0.2) is 17.5 Å². The summed E-state index contributed by atoms with van der Waals surface area (Å²) in [5.41, 5.74) is 9.86. The molecule has 270 valence electrons. The van der Waals surface area contributed by atoms with E-state index >= 15 is 0 Å². The Morgan fingerprint density at radius 1 is 0.328 bits per heavy atom. The molecule has 0 spiro atoms. The first-order valence-corrected chi connectivity index (χ1v) is 19.5. The highest BCUT2D eigenvalue weighted by Gasteiger charge is 2.20. The first kappa shape index (κ1) is 32.4. The predicted octanol–water partition coefficient (Wildman–Crippen LogP) is 13.8. The lowest BCUT2D eigenvalue weighted by atomic mass is 9.96. The van der Waals surface area contributed by atoms with Gasteiger partial charge in [-0.2, -0.15) is 0 Å². The van der Waals surface area contributed by atoms with E-state index < -0.39 is 0 Å². The van der Waals surface area contributed by atoms with Gasteiger partial charge in [0, 0.05) is 43.9 Å². The zero-order valence-electron chi connectivity index (χ0n) is 31.2. The fourth-order valence-electron chi connectivity index (χ4n) is 8.59. The topological polar surface area (TPSA) is 56.7 Å². The fraction of sp³-hybridized carbons (Fsp3) is 0. The molecule has 0 bridgehead atoms. The van der Waals surface area contributed by atoms with Gasteiger partial charge < -0.3 is 8.98 Å². The van der Waals surface area contributed by atoms with Crippen molar-refractivity contribution < 1.29 is 4.42 Å². The molecule has 3 heterocycles. The third-order valence-corrected chi connectivity index (χ3v) is 11.4. The number of furan rings is 1. The summed E-state index contributed by atoms with van der Waals surface area (Å²) in [6.07, 6.45) is 0. The van der Waals surface area contributed by atoms with E-state index in [9.17, 15) is 0 Å². The van der Waals surface area contributed by atoms with E-state index in [0.29, 0.717) is 17.5 Å². The molecule has 0 saturated heterocycles. The van der Waals surface area contributed by atoms with Gasteiger partial charge in [0.05, 0.1) is 11.0 Å². The standard InChI is InChI=1S/C53H32N4O/c1-3-13-33(14-4-1)51-54-52(34-15-5-2-6-16-34)56-53(55-51)42-25-24-40(32-43(42)39-23-26-50-46(29-39)41-21-11-12-22-49(41)58-50)57-47-30-37-19-9-7-17-35(37)27-44(47)45-28-36-18-8-10-20-38(36)31-48(45)57/h1-32H. The van der Waals surface area contributed by atoms with E-state index in [1.165, 1.54) is 32.3 Å². The summed E-state index contributed by atoms with van der Waals surface area (Å²) in [5, 5.41) is 9.41. The summed E-state index contributed by atoms with van der Waals surface area (Å²) in [5.74, 6) is 1.85. The zero-order valence-corrected chi connectivity index (χ0v) is 31.2. The maximum atomic E-state index is 6.30. The smallest absolute Gasteiger partial charge is 0.164 e. The Hall–Kier alpha value is -7.89. The van der Waals surface area contributed by atoms with Crippen molar-refractivity contribution in [2.24, 2.45) is 0 Å². The number of nitrogens with zero attached hydrogens (tertiary/aromatic N) is 4. The molecule has 9 aromatic carbocycles. The Labute approximate surface area is 333 Å². The molecule has 58 heavy (non-hydrogen) atoms. The second-order valence-electron chi connectivity index (χ2n) is 14.8. The van der Waals surface area contributed by atoms with Crippen molar-refractivity contribution in [3.63, 3.8) is 0 Å². The van der Waals surface area contributed by atoms with Crippen molar-refractivity contribution in [2.45, 2.75) is 0 Å². The van der Waals surface area contributed by atoms with E-state index in [0.717, 1.165) is 66.5 Å². The third-order valence-electron chi connectivity index (χ3n) is 11.4. The van der Waals surface area contributed by atoms with Gasteiger partial charge in [0.1, 0.15) is 11.2 Å². The van der Waals surface area contributed by atoms with Crippen LogP contribution in [0.15, 0.2) is 199 Å². The predicted molar refractivity (Wildman–Crippen MR) is 238 cm³/mol. The third kappa shape index (κ3) is 5.21. The molecule has 5 heteroatoms. The first-order valence-electron chi connectivity index (χ1n) is 19.5. The molecule has 0 saturated carbocycles. The molecule has 0 N–H and O–H groups in total. The number of rotatable bonds is 5. The second kappa shape index (κ2) is 12.8. The second-order valence-corrected chi connectivity index (χ2v) is 14.8. The number of fused-ring (bicyclic) bond motifs is 8. The number of benzene rings is 9. The number of para-hydroxylation sites is 1. The molecule has 3 aromatic heterocycles. The Kier molecular flexibility index (Phi) is 7.16. The van der Waals surface area contributed by atoms with Gasteiger partial charge in [-0.05, 0) is 93.3 Å². The van der Waals surface area contributed by atoms with Crippen LogP contribution in [0.25, 0.3) is 116 Å². The minimum atomic E-state index is 0.602. The summed E-state index contributed by atoms with van der Waals surface area (Å²) in [4.78, 5) is 15.4. The summed E-state index contributed by atoms with van der Waals surface area (Å²) >= 11 is 0. The van der Waals surface area contributed by atoms with Gasteiger partial charge in [-0.1, -0.05) is 133 Å². The SMILES string of the molecule is c1ccc(-c2nc(-c3ccccc3)nc(-c3ccc(-n4c5cc6ccccc6cc5c5cc6ccccc6cc54)cc3-c3ccc4oc5ccccc5c4c3)n2)cc1. The van der Waals surface area contributed by atoms with Crippen molar-refractivity contribution in [2.75, 3.05) is 0 Å². The lowest BCUT2D eigenvalue weighted by molar-refractivity contribution is 0.669. The monoisotopic (exact) mass is 740 g/mol. The molecule has 0 atom stereocenters. The minimum absolute atomic E-state index is 0.602. The Bertz CT molecular complexity index is 3420. The number of hydrogen-bond donors (Lipinski definition) is 0. The van der Waals surface area contributed by atoms with E-state index in [1.54, 1.807) is 0 Å². The number of hydrogen-bond acceptors (Lipinski definition) is 4. The first-order chi connectivity index (χ1) is 28.7. The van der Waals surface area contributed by atoms with Crippen molar-refractivity contribution in [3.05, 3.63) is 194 Å². The highest BCUT2D eigenvalue weighted by atomic mass is 16.3. The molecule has 0 aliphatic carbocycles. The molecule has 0 unspecified atom stereocenters. The van der Waals surface area contributed by atoms with Crippen molar-refractivity contribution in [1.29, 1.82) is 0 Å². The van der Waals surface area contributed by atoms with E-state index in [2.05, 4.69) is 126 Å². The molecule has 0 aliphatic heterocycles. The van der Waals surface area contributed by atoms with Gasteiger partial charge in [-0.25, -0.2) is 15.0 Å². The highest BCUT2D eigenvalue weighted by molar-refractivity contribution is 6.17. The van der Waals surface area contributed by atoms with Crippen LogP contribution in [0.2, 0.25) is 0 Å². The Balaban J connectivity index is 1.16. The van der Waals surface area contributed by atoms with Crippen LogP contribution in [-0.2, 0) is 0 Å². The van der Waals surface area contributed by atoms with Crippen LogP contribution in [0.3, 0.4) is 0 Å².